The van der Waals surface area contributed by atoms with E-state index in [0.29, 0.717) is 6.54 Å². The molecular formula is C16H25NO3. The first-order valence-corrected chi connectivity index (χ1v) is 7.32. The quantitative estimate of drug-likeness (QED) is 0.897. The summed E-state index contributed by atoms with van der Waals surface area (Å²) in [7, 11) is 1.64. The molecule has 0 spiro atoms. The summed E-state index contributed by atoms with van der Waals surface area (Å²) < 4.78 is 11.0. The maximum Gasteiger partial charge on any atom is 0.119 e. The first-order valence-electron chi connectivity index (χ1n) is 7.32. The zero-order valence-electron chi connectivity index (χ0n) is 12.6. The first kappa shape index (κ1) is 15.3. The Morgan fingerprint density at radius 2 is 2.25 bits per heavy atom. The van der Waals surface area contributed by atoms with Gasteiger partial charge in [-0.25, -0.2) is 0 Å². The molecule has 0 aromatic heterocycles. The third kappa shape index (κ3) is 3.95. The van der Waals surface area contributed by atoms with E-state index in [1.165, 1.54) is 0 Å². The second kappa shape index (κ2) is 7.07. The molecule has 1 heterocycles. The van der Waals surface area contributed by atoms with Gasteiger partial charge in [0.25, 0.3) is 0 Å². The summed E-state index contributed by atoms with van der Waals surface area (Å²) in [5.41, 5.74) is 0.900. The lowest BCUT2D eigenvalue weighted by molar-refractivity contribution is -0.0856. The minimum Gasteiger partial charge on any atom is -0.497 e. The van der Waals surface area contributed by atoms with E-state index >= 15 is 0 Å². The van der Waals surface area contributed by atoms with E-state index in [2.05, 4.69) is 18.7 Å². The summed E-state index contributed by atoms with van der Waals surface area (Å²) in [6, 6.07) is 7.63. The van der Waals surface area contributed by atoms with Crippen molar-refractivity contribution in [2.45, 2.75) is 38.6 Å². The highest BCUT2D eigenvalue weighted by molar-refractivity contribution is 5.29. The Labute approximate surface area is 121 Å². The van der Waals surface area contributed by atoms with Crippen LogP contribution in [0.2, 0.25) is 0 Å². The molecule has 1 fully saturated rings. The Kier molecular flexibility index (Phi) is 5.40. The molecule has 0 saturated carbocycles. The fraction of sp³-hybridized carbons (Fsp3) is 0.625. The summed E-state index contributed by atoms with van der Waals surface area (Å²) in [6.07, 6.45) is 1.02. The maximum atomic E-state index is 10.4. The number of ether oxygens (including phenoxy) is 2. The summed E-state index contributed by atoms with van der Waals surface area (Å²) in [5, 5.41) is 10.4. The molecule has 3 unspecified atom stereocenters. The molecule has 3 atom stereocenters. The van der Waals surface area contributed by atoms with E-state index in [4.69, 9.17) is 9.47 Å². The predicted octanol–water partition coefficient (Wildman–Crippen LogP) is 2.23. The SMILES string of the molecule is CCC1CN(CC(O)c2cccc(OC)c2)CC(C)O1. The predicted molar refractivity (Wildman–Crippen MR) is 79.0 cm³/mol. The minimum absolute atomic E-state index is 0.228. The number of hydrogen-bond donors (Lipinski definition) is 1. The van der Waals surface area contributed by atoms with Crippen LogP contribution in [0.4, 0.5) is 0 Å². The molecule has 1 aromatic carbocycles. The van der Waals surface area contributed by atoms with Crippen LogP contribution in [0.5, 0.6) is 5.75 Å². The topological polar surface area (TPSA) is 41.9 Å². The van der Waals surface area contributed by atoms with Crippen LogP contribution in [0, 0.1) is 0 Å². The van der Waals surface area contributed by atoms with Crippen molar-refractivity contribution in [2.24, 2.45) is 0 Å². The zero-order chi connectivity index (χ0) is 14.5. The number of benzene rings is 1. The molecule has 1 aliphatic heterocycles. The fourth-order valence-electron chi connectivity index (χ4n) is 2.71. The number of methoxy groups -OCH3 is 1. The molecule has 20 heavy (non-hydrogen) atoms. The molecule has 0 amide bonds. The highest BCUT2D eigenvalue weighted by atomic mass is 16.5. The van der Waals surface area contributed by atoms with Gasteiger partial charge in [-0.15, -0.1) is 0 Å². The third-order valence-corrected chi connectivity index (χ3v) is 3.77. The average molecular weight is 279 g/mol. The lowest BCUT2D eigenvalue weighted by Gasteiger charge is -2.37. The van der Waals surface area contributed by atoms with Crippen LogP contribution < -0.4 is 4.74 Å². The second-order valence-corrected chi connectivity index (χ2v) is 5.49. The summed E-state index contributed by atoms with van der Waals surface area (Å²) in [5.74, 6) is 0.781. The number of morpholine rings is 1. The molecular weight excluding hydrogens is 254 g/mol. The maximum absolute atomic E-state index is 10.4. The van der Waals surface area contributed by atoms with Gasteiger partial charge in [-0.3, -0.25) is 4.90 Å². The van der Waals surface area contributed by atoms with Crippen LogP contribution >= 0.6 is 0 Å². The van der Waals surface area contributed by atoms with Crippen molar-refractivity contribution in [3.05, 3.63) is 29.8 Å². The van der Waals surface area contributed by atoms with E-state index in [1.807, 2.05) is 24.3 Å². The Bertz CT molecular complexity index is 424. The molecule has 112 valence electrons. The van der Waals surface area contributed by atoms with Gasteiger partial charge in [0.15, 0.2) is 0 Å². The van der Waals surface area contributed by atoms with Crippen molar-refractivity contribution in [3.63, 3.8) is 0 Å². The van der Waals surface area contributed by atoms with Crippen molar-refractivity contribution in [1.82, 2.24) is 4.90 Å². The number of hydrogen-bond acceptors (Lipinski definition) is 4. The molecule has 4 heteroatoms. The Balaban J connectivity index is 1.97. The number of nitrogens with zero attached hydrogens (tertiary/aromatic N) is 1. The van der Waals surface area contributed by atoms with Crippen LogP contribution in [-0.2, 0) is 4.74 Å². The molecule has 1 saturated heterocycles. The zero-order valence-corrected chi connectivity index (χ0v) is 12.6. The van der Waals surface area contributed by atoms with Crippen molar-refractivity contribution in [1.29, 1.82) is 0 Å². The molecule has 1 N–H and O–H groups in total. The van der Waals surface area contributed by atoms with E-state index < -0.39 is 6.10 Å². The largest absolute Gasteiger partial charge is 0.497 e. The monoisotopic (exact) mass is 279 g/mol. The highest BCUT2D eigenvalue weighted by Gasteiger charge is 2.25. The van der Waals surface area contributed by atoms with Crippen LogP contribution in [-0.4, -0.2) is 49.0 Å². The van der Waals surface area contributed by atoms with Crippen LogP contribution in [0.3, 0.4) is 0 Å². The van der Waals surface area contributed by atoms with Gasteiger partial charge >= 0.3 is 0 Å². The lowest BCUT2D eigenvalue weighted by atomic mass is 10.1. The Hall–Kier alpha value is -1.10. The van der Waals surface area contributed by atoms with Gasteiger partial charge < -0.3 is 14.6 Å². The second-order valence-electron chi connectivity index (χ2n) is 5.49. The first-order chi connectivity index (χ1) is 9.62. The standard InChI is InChI=1S/C16H25NO3/c1-4-14-10-17(9-12(2)20-14)11-16(18)13-6-5-7-15(8-13)19-3/h5-8,12,14,16,18H,4,9-11H2,1-3H3. The van der Waals surface area contributed by atoms with Crippen molar-refractivity contribution >= 4 is 0 Å². The van der Waals surface area contributed by atoms with Gasteiger partial charge in [0.1, 0.15) is 5.75 Å². The van der Waals surface area contributed by atoms with Gasteiger partial charge in [0.2, 0.25) is 0 Å². The molecule has 2 rings (SSSR count). The molecule has 1 aliphatic rings. The fourth-order valence-corrected chi connectivity index (χ4v) is 2.71. The average Bonchev–Trinajstić information content (AvgIpc) is 2.46. The van der Waals surface area contributed by atoms with Crippen LogP contribution in [0.15, 0.2) is 24.3 Å². The summed E-state index contributed by atoms with van der Waals surface area (Å²) >= 11 is 0. The smallest absolute Gasteiger partial charge is 0.119 e. The molecule has 0 radical (unpaired) electrons. The number of rotatable bonds is 5. The van der Waals surface area contributed by atoms with Crippen LogP contribution in [0.25, 0.3) is 0 Å². The lowest BCUT2D eigenvalue weighted by Crippen LogP contribution is -2.47. The third-order valence-electron chi connectivity index (χ3n) is 3.77. The van der Waals surface area contributed by atoms with Crippen molar-refractivity contribution < 1.29 is 14.6 Å². The molecule has 0 bridgehead atoms. The van der Waals surface area contributed by atoms with E-state index in [9.17, 15) is 5.11 Å². The number of β-amino-alcohol motifs (C(OH)–C–C–N with tert-alkyl or cyclic N) is 1. The molecule has 4 nitrogen and oxygen atoms in total. The Morgan fingerprint density at radius 1 is 1.45 bits per heavy atom. The van der Waals surface area contributed by atoms with Gasteiger partial charge in [0.05, 0.1) is 25.4 Å². The van der Waals surface area contributed by atoms with Gasteiger partial charge in [-0.05, 0) is 31.0 Å². The van der Waals surface area contributed by atoms with Crippen molar-refractivity contribution in [3.8, 4) is 5.75 Å². The highest BCUT2D eigenvalue weighted by Crippen LogP contribution is 2.22. The summed E-state index contributed by atoms with van der Waals surface area (Å²) in [6.45, 7) is 6.63. The van der Waals surface area contributed by atoms with Gasteiger partial charge in [-0.2, -0.15) is 0 Å². The van der Waals surface area contributed by atoms with Crippen LogP contribution in [0.1, 0.15) is 31.9 Å². The van der Waals surface area contributed by atoms with E-state index in [-0.39, 0.29) is 12.2 Å². The number of aliphatic hydroxyl groups excluding tert-OH is 1. The van der Waals surface area contributed by atoms with Crippen molar-refractivity contribution in [2.75, 3.05) is 26.7 Å². The molecule has 1 aromatic rings. The van der Waals surface area contributed by atoms with E-state index in [0.717, 1.165) is 30.8 Å². The Morgan fingerprint density at radius 3 is 2.95 bits per heavy atom. The summed E-state index contributed by atoms with van der Waals surface area (Å²) in [4.78, 5) is 2.28. The molecule has 0 aliphatic carbocycles. The minimum atomic E-state index is -0.493. The normalized spacial score (nSPS) is 25.4. The van der Waals surface area contributed by atoms with E-state index in [1.54, 1.807) is 7.11 Å². The van der Waals surface area contributed by atoms with Gasteiger partial charge in [0, 0.05) is 19.6 Å². The number of aliphatic hydroxyl groups is 1. The van der Waals surface area contributed by atoms with Gasteiger partial charge in [-0.1, -0.05) is 19.1 Å².